The van der Waals surface area contributed by atoms with E-state index in [1.807, 2.05) is 6.07 Å². The van der Waals surface area contributed by atoms with Crippen LogP contribution in [0.2, 0.25) is 0 Å². The summed E-state index contributed by atoms with van der Waals surface area (Å²) < 4.78 is 30.8. The summed E-state index contributed by atoms with van der Waals surface area (Å²) >= 11 is 0. The molecule has 1 atom stereocenters. The summed E-state index contributed by atoms with van der Waals surface area (Å²) in [5.41, 5.74) is 2.87. The van der Waals surface area contributed by atoms with Gasteiger partial charge >= 0.3 is 0 Å². The monoisotopic (exact) mass is 488 g/mol. The molecular weight excluding hydrogens is 454 g/mol. The van der Waals surface area contributed by atoms with E-state index >= 15 is 0 Å². The number of likely N-dealkylation sites (tertiary alicyclic amines) is 1. The Morgan fingerprint density at radius 3 is 2.74 bits per heavy atom. The highest BCUT2D eigenvalue weighted by Crippen LogP contribution is 2.45. The summed E-state index contributed by atoms with van der Waals surface area (Å²) in [7, 11) is 0. The highest BCUT2D eigenvalue weighted by Gasteiger charge is 2.42. The Kier molecular flexibility index (Phi) is 7.02. The van der Waals surface area contributed by atoms with Crippen molar-refractivity contribution in [1.82, 2.24) is 25.1 Å². The molecule has 2 aliphatic heterocycles. The number of carbonyl (C=O) groups excluding carboxylic acids is 2. The lowest BCUT2D eigenvalue weighted by Gasteiger charge is -2.38. The first kappa shape index (κ1) is 24.1. The van der Waals surface area contributed by atoms with Crippen molar-refractivity contribution in [3.8, 4) is 0 Å². The molecule has 10 heteroatoms. The number of anilines is 1. The fourth-order valence-corrected chi connectivity index (χ4v) is 5.49. The number of nitrogens with zero attached hydrogens (tertiary/aromatic N) is 3. The van der Waals surface area contributed by atoms with Crippen LogP contribution in [-0.4, -0.2) is 72.0 Å². The minimum Gasteiger partial charge on any atom is -0.358 e. The van der Waals surface area contributed by atoms with Gasteiger partial charge < -0.3 is 25.4 Å². The van der Waals surface area contributed by atoms with Crippen LogP contribution < -0.4 is 16.0 Å². The first-order chi connectivity index (χ1) is 16.9. The molecule has 3 aliphatic rings. The molecule has 0 spiro atoms. The number of aromatic nitrogens is 2. The molecule has 190 valence electrons. The van der Waals surface area contributed by atoms with E-state index in [-0.39, 0.29) is 24.9 Å². The number of hydrogen-bond donors (Lipinski definition) is 3. The van der Waals surface area contributed by atoms with E-state index in [1.165, 1.54) is 5.56 Å². The van der Waals surface area contributed by atoms with Crippen LogP contribution in [0.1, 0.15) is 56.0 Å². The molecule has 2 amide bonds. The molecule has 0 aromatic carbocycles. The zero-order valence-corrected chi connectivity index (χ0v) is 19.9. The van der Waals surface area contributed by atoms with Crippen LogP contribution >= 0.6 is 0 Å². The zero-order chi connectivity index (χ0) is 24.4. The van der Waals surface area contributed by atoms with Crippen molar-refractivity contribution in [2.75, 3.05) is 44.6 Å². The largest absolute Gasteiger partial charge is 0.358 e. The van der Waals surface area contributed by atoms with E-state index < -0.39 is 11.8 Å². The lowest BCUT2D eigenvalue weighted by atomic mass is 9.92. The van der Waals surface area contributed by atoms with Crippen molar-refractivity contribution in [2.45, 2.75) is 56.4 Å². The van der Waals surface area contributed by atoms with Gasteiger partial charge in [-0.25, -0.2) is 13.8 Å². The fraction of sp³-hybridized carbons (Fsp3) is 0.640. The smallest absolute Gasteiger partial charge is 0.264 e. The quantitative estimate of drug-likeness (QED) is 0.373. The number of hydrogen-bond acceptors (Lipinski definition) is 5. The maximum atomic E-state index is 14.3. The van der Waals surface area contributed by atoms with Crippen LogP contribution in [0.4, 0.5) is 14.5 Å². The number of carbonyl (C=O) groups is 2. The van der Waals surface area contributed by atoms with Gasteiger partial charge in [0.15, 0.2) is 0 Å². The number of amides is 2. The maximum Gasteiger partial charge on any atom is 0.264 e. The van der Waals surface area contributed by atoms with Crippen molar-refractivity contribution in [3.63, 3.8) is 0 Å². The Bertz CT molecular complexity index is 1060. The zero-order valence-electron chi connectivity index (χ0n) is 19.9. The Labute approximate surface area is 203 Å². The first-order valence-electron chi connectivity index (χ1n) is 12.7. The lowest BCUT2D eigenvalue weighted by molar-refractivity contribution is -0.116. The third kappa shape index (κ3) is 5.48. The van der Waals surface area contributed by atoms with Crippen LogP contribution in [0.25, 0.3) is 11.0 Å². The molecule has 8 nitrogen and oxygen atoms in total. The predicted octanol–water partition coefficient (Wildman–Crippen LogP) is 2.87. The lowest BCUT2D eigenvalue weighted by Crippen LogP contribution is -2.51. The normalized spacial score (nSPS) is 23.3. The van der Waals surface area contributed by atoms with Gasteiger partial charge in [0.05, 0.1) is 18.4 Å². The topological polar surface area (TPSA) is 91.3 Å². The number of piperidine rings is 2. The Balaban J connectivity index is 1.26. The minimum absolute atomic E-state index is 0.167. The highest BCUT2D eigenvalue weighted by atomic mass is 19.3. The Morgan fingerprint density at radius 1 is 1.23 bits per heavy atom. The summed E-state index contributed by atoms with van der Waals surface area (Å²) in [5.74, 6) is -2.84. The molecule has 2 aromatic rings. The number of alkyl halides is 2. The minimum atomic E-state index is -2.63. The van der Waals surface area contributed by atoms with Gasteiger partial charge in [0, 0.05) is 56.1 Å². The number of halogens is 2. The average Bonchev–Trinajstić information content (AvgIpc) is 3.62. The van der Waals surface area contributed by atoms with E-state index in [0.29, 0.717) is 44.1 Å². The van der Waals surface area contributed by atoms with Crippen molar-refractivity contribution < 1.29 is 18.4 Å². The van der Waals surface area contributed by atoms with E-state index in [2.05, 4.69) is 31.6 Å². The number of fused-ring (bicyclic) bond motifs is 1. The molecule has 35 heavy (non-hydrogen) atoms. The van der Waals surface area contributed by atoms with Crippen LogP contribution in [0, 0.1) is 5.92 Å². The van der Waals surface area contributed by atoms with Gasteiger partial charge in [-0.3, -0.25) is 9.59 Å². The van der Waals surface area contributed by atoms with Gasteiger partial charge in [-0.2, -0.15) is 0 Å². The third-order valence-electron chi connectivity index (χ3n) is 7.64. The molecule has 0 bridgehead atoms. The predicted molar refractivity (Wildman–Crippen MR) is 130 cm³/mol. The number of nitrogens with one attached hydrogen (secondary N) is 3. The number of rotatable bonds is 9. The first-order valence-corrected chi connectivity index (χ1v) is 12.7. The standard InChI is InChI=1S/C25H34F2N6O2/c26-25(27)15-28-7-3-18(25)13-32-9-5-20(6-10-32)33-14-22(17-1-2-17)21-11-19(12-30-24(21)33)31-23(35)4-8-29-16-34/h11-12,14,16-18,20,28H,1-10,13,15H2,(H,29,34)(H,31,35). The van der Waals surface area contributed by atoms with Crippen LogP contribution in [0.3, 0.4) is 0 Å². The van der Waals surface area contributed by atoms with Crippen molar-refractivity contribution in [2.24, 2.45) is 5.92 Å². The second-order valence-electron chi connectivity index (χ2n) is 10.2. The third-order valence-corrected chi connectivity index (χ3v) is 7.64. The molecule has 1 aliphatic carbocycles. The van der Waals surface area contributed by atoms with E-state index in [4.69, 9.17) is 4.98 Å². The summed E-state index contributed by atoms with van der Waals surface area (Å²) in [5, 5.41) is 9.26. The molecule has 2 aromatic heterocycles. The van der Waals surface area contributed by atoms with Gasteiger partial charge in [0.25, 0.3) is 5.92 Å². The fourth-order valence-electron chi connectivity index (χ4n) is 5.49. The Hall–Kier alpha value is -2.59. The SMILES string of the molecule is O=CNCCC(=O)Nc1cnc2c(c1)c(C1CC1)cn2C1CCN(CC2CCNCC2(F)F)CC1. The van der Waals surface area contributed by atoms with E-state index in [1.54, 1.807) is 6.20 Å². The van der Waals surface area contributed by atoms with Crippen LogP contribution in [0.15, 0.2) is 18.5 Å². The van der Waals surface area contributed by atoms with Crippen LogP contribution in [0.5, 0.6) is 0 Å². The van der Waals surface area contributed by atoms with Gasteiger partial charge in [-0.15, -0.1) is 0 Å². The number of pyridine rings is 1. The Morgan fingerprint density at radius 2 is 2.03 bits per heavy atom. The highest BCUT2D eigenvalue weighted by molar-refractivity contribution is 5.93. The van der Waals surface area contributed by atoms with E-state index in [9.17, 15) is 18.4 Å². The summed E-state index contributed by atoms with van der Waals surface area (Å²) in [4.78, 5) is 29.5. The maximum absolute atomic E-state index is 14.3. The van der Waals surface area contributed by atoms with Gasteiger partial charge in [0.1, 0.15) is 5.65 Å². The van der Waals surface area contributed by atoms with E-state index in [0.717, 1.165) is 49.8 Å². The average molecular weight is 489 g/mol. The molecule has 0 radical (unpaired) electrons. The molecule has 2 saturated heterocycles. The van der Waals surface area contributed by atoms with Crippen molar-refractivity contribution >= 4 is 29.0 Å². The molecular formula is C25H34F2N6O2. The second kappa shape index (κ2) is 10.2. The van der Waals surface area contributed by atoms with Gasteiger partial charge in [-0.05, 0) is 56.2 Å². The van der Waals surface area contributed by atoms with Gasteiger partial charge in [-0.1, -0.05) is 0 Å². The second-order valence-corrected chi connectivity index (χ2v) is 10.2. The summed E-state index contributed by atoms with van der Waals surface area (Å²) in [6, 6.07) is 2.29. The molecule has 1 saturated carbocycles. The molecule has 4 heterocycles. The molecule has 1 unspecified atom stereocenters. The molecule has 3 fully saturated rings. The van der Waals surface area contributed by atoms with Crippen LogP contribution in [-0.2, 0) is 9.59 Å². The molecule has 3 N–H and O–H groups in total. The van der Waals surface area contributed by atoms with Crippen molar-refractivity contribution in [1.29, 1.82) is 0 Å². The van der Waals surface area contributed by atoms with Gasteiger partial charge in [0.2, 0.25) is 12.3 Å². The van der Waals surface area contributed by atoms with Crippen molar-refractivity contribution in [3.05, 3.63) is 24.0 Å². The summed E-state index contributed by atoms with van der Waals surface area (Å²) in [6.45, 7) is 2.84. The summed E-state index contributed by atoms with van der Waals surface area (Å²) in [6.07, 6.45) is 9.38. The molecule has 5 rings (SSSR count).